The summed E-state index contributed by atoms with van der Waals surface area (Å²) in [7, 11) is 0. The topological polar surface area (TPSA) is 59.4 Å². The normalized spacial score (nSPS) is 18.8. The minimum absolute atomic E-state index is 0.122. The Kier molecular flexibility index (Phi) is 5.60. The number of rotatable bonds is 5. The van der Waals surface area contributed by atoms with Gasteiger partial charge in [0.15, 0.2) is 0 Å². The molecule has 0 unspecified atom stereocenters. The van der Waals surface area contributed by atoms with Crippen molar-refractivity contribution in [3.05, 3.63) is 59.0 Å². The van der Waals surface area contributed by atoms with E-state index in [-0.39, 0.29) is 11.7 Å². The van der Waals surface area contributed by atoms with Crippen LogP contribution in [-0.2, 0) is 6.42 Å². The highest BCUT2D eigenvalue weighted by Crippen LogP contribution is 2.39. The summed E-state index contributed by atoms with van der Waals surface area (Å²) in [6, 6.07) is 13.9. The molecule has 1 aliphatic rings. The summed E-state index contributed by atoms with van der Waals surface area (Å²) in [6.45, 7) is 4.34. The molecule has 0 aliphatic heterocycles. The zero-order valence-corrected chi connectivity index (χ0v) is 19.2. The second kappa shape index (κ2) is 8.55. The van der Waals surface area contributed by atoms with Gasteiger partial charge >= 0.3 is 5.97 Å². The van der Waals surface area contributed by atoms with Crippen molar-refractivity contribution in [2.75, 3.05) is 0 Å². The molecular formula is C27H27NO3S. The Bertz CT molecular complexity index is 1310. The number of nitrogens with zero attached hydrogens (tertiary/aromatic N) is 1. The lowest BCUT2D eigenvalue weighted by Gasteiger charge is -2.28. The van der Waals surface area contributed by atoms with Gasteiger partial charge in [-0.25, -0.2) is 9.78 Å². The standard InChI is InChI=1S/C27H27NO3S/c1-3-17-11-12-23(31-18-8-6-7-16(2)13-18)25-20(27(29)30)14-22(28-26(17)25)21-15-32-24-10-5-4-9-19(21)24/h4-5,9-12,14-16,18H,3,6-8,13H2,1-2H3,(H,29,30)/t16-,18-/m1/s1. The van der Waals surface area contributed by atoms with Crippen LogP contribution in [0.25, 0.3) is 32.2 Å². The van der Waals surface area contributed by atoms with E-state index in [1.807, 2.05) is 24.3 Å². The zero-order chi connectivity index (χ0) is 22.2. The van der Waals surface area contributed by atoms with E-state index in [9.17, 15) is 9.90 Å². The Hall–Kier alpha value is -2.92. The molecule has 0 spiro atoms. The fourth-order valence-corrected chi connectivity index (χ4v) is 5.85. The van der Waals surface area contributed by atoms with Crippen LogP contribution in [0.2, 0.25) is 0 Å². The van der Waals surface area contributed by atoms with Crippen LogP contribution in [0.3, 0.4) is 0 Å². The lowest BCUT2D eigenvalue weighted by molar-refractivity contribution is 0.0698. The summed E-state index contributed by atoms with van der Waals surface area (Å²) in [5, 5.41) is 14.0. The van der Waals surface area contributed by atoms with Crippen molar-refractivity contribution in [1.29, 1.82) is 0 Å². The van der Waals surface area contributed by atoms with E-state index in [1.54, 1.807) is 17.4 Å². The van der Waals surface area contributed by atoms with E-state index in [2.05, 4.69) is 31.4 Å². The summed E-state index contributed by atoms with van der Waals surface area (Å²) in [5.74, 6) is 0.321. The van der Waals surface area contributed by atoms with Gasteiger partial charge in [-0.15, -0.1) is 11.3 Å². The first-order valence-electron chi connectivity index (χ1n) is 11.4. The maximum Gasteiger partial charge on any atom is 0.336 e. The number of ether oxygens (including phenoxy) is 1. The maximum atomic E-state index is 12.4. The fourth-order valence-electron chi connectivity index (χ4n) is 4.90. The summed E-state index contributed by atoms with van der Waals surface area (Å²) in [4.78, 5) is 17.4. The summed E-state index contributed by atoms with van der Waals surface area (Å²) in [6.07, 6.45) is 5.29. The molecule has 4 aromatic rings. The average Bonchev–Trinajstić information content (AvgIpc) is 3.22. The number of benzene rings is 2. The van der Waals surface area contributed by atoms with Crippen LogP contribution in [0, 0.1) is 5.92 Å². The summed E-state index contributed by atoms with van der Waals surface area (Å²) in [5.41, 5.74) is 3.71. The number of hydrogen-bond acceptors (Lipinski definition) is 4. The van der Waals surface area contributed by atoms with Crippen molar-refractivity contribution < 1.29 is 14.6 Å². The molecule has 5 heteroatoms. The highest BCUT2D eigenvalue weighted by atomic mass is 32.1. The predicted octanol–water partition coefficient (Wildman–Crippen LogP) is 7.33. The number of aromatic nitrogens is 1. The van der Waals surface area contributed by atoms with Gasteiger partial charge in [-0.3, -0.25) is 0 Å². The van der Waals surface area contributed by atoms with Gasteiger partial charge in [-0.05, 0) is 55.4 Å². The van der Waals surface area contributed by atoms with Crippen molar-refractivity contribution in [3.8, 4) is 17.0 Å². The maximum absolute atomic E-state index is 12.4. The molecule has 0 bridgehead atoms. The molecule has 1 aliphatic carbocycles. The Morgan fingerprint density at radius 3 is 2.84 bits per heavy atom. The van der Waals surface area contributed by atoms with E-state index in [1.165, 1.54) is 11.1 Å². The van der Waals surface area contributed by atoms with Crippen LogP contribution < -0.4 is 4.74 Å². The molecule has 1 saturated carbocycles. The first kappa shape index (κ1) is 21.0. The Labute approximate surface area is 191 Å². The second-order valence-corrected chi connectivity index (χ2v) is 9.73. The third-order valence-corrected chi connectivity index (χ3v) is 7.52. The van der Waals surface area contributed by atoms with Gasteiger partial charge < -0.3 is 9.84 Å². The molecular weight excluding hydrogens is 418 g/mol. The van der Waals surface area contributed by atoms with Crippen LogP contribution in [0.5, 0.6) is 5.75 Å². The predicted molar refractivity (Wildman–Crippen MR) is 131 cm³/mol. The van der Waals surface area contributed by atoms with Gasteiger partial charge in [0, 0.05) is 21.0 Å². The van der Waals surface area contributed by atoms with Gasteiger partial charge in [0.2, 0.25) is 0 Å². The fraction of sp³-hybridized carbons (Fsp3) is 0.333. The Balaban J connectivity index is 1.70. The van der Waals surface area contributed by atoms with Gasteiger partial charge in [0.25, 0.3) is 0 Å². The minimum atomic E-state index is -0.951. The first-order valence-corrected chi connectivity index (χ1v) is 12.3. The number of aryl methyl sites for hydroxylation is 1. The number of hydrogen-bond donors (Lipinski definition) is 1. The van der Waals surface area contributed by atoms with Crippen LogP contribution in [-0.4, -0.2) is 22.2 Å². The lowest BCUT2D eigenvalue weighted by atomic mass is 9.88. The van der Waals surface area contributed by atoms with Gasteiger partial charge in [-0.1, -0.05) is 44.5 Å². The zero-order valence-electron chi connectivity index (χ0n) is 18.4. The Morgan fingerprint density at radius 1 is 1.22 bits per heavy atom. The molecule has 1 fully saturated rings. The largest absolute Gasteiger partial charge is 0.490 e. The molecule has 0 radical (unpaired) electrons. The van der Waals surface area contributed by atoms with Crippen molar-refractivity contribution in [1.82, 2.24) is 4.98 Å². The van der Waals surface area contributed by atoms with E-state index >= 15 is 0 Å². The third-order valence-electron chi connectivity index (χ3n) is 6.56. The quantitative estimate of drug-likeness (QED) is 0.349. The number of aromatic carboxylic acids is 1. The number of fused-ring (bicyclic) bond motifs is 2. The van der Waals surface area contributed by atoms with Gasteiger partial charge in [0.05, 0.1) is 28.3 Å². The van der Waals surface area contributed by atoms with E-state index in [0.29, 0.717) is 22.7 Å². The number of carboxylic acids is 1. The molecule has 2 atom stereocenters. The van der Waals surface area contributed by atoms with Crippen LogP contribution in [0.15, 0.2) is 47.8 Å². The highest BCUT2D eigenvalue weighted by Gasteiger charge is 2.24. The molecule has 2 aromatic heterocycles. The third kappa shape index (κ3) is 3.75. The Morgan fingerprint density at radius 2 is 2.06 bits per heavy atom. The molecule has 5 rings (SSSR count). The first-order chi connectivity index (χ1) is 15.5. The molecule has 164 valence electrons. The molecule has 0 amide bonds. The average molecular weight is 446 g/mol. The van der Waals surface area contributed by atoms with Crippen molar-refractivity contribution >= 4 is 38.3 Å². The minimum Gasteiger partial charge on any atom is -0.490 e. The highest BCUT2D eigenvalue weighted by molar-refractivity contribution is 7.17. The number of pyridine rings is 1. The van der Waals surface area contributed by atoms with Crippen LogP contribution in [0.1, 0.15) is 55.5 Å². The van der Waals surface area contributed by atoms with E-state index in [4.69, 9.17) is 9.72 Å². The molecule has 2 heterocycles. The van der Waals surface area contributed by atoms with Crippen LogP contribution in [0.4, 0.5) is 0 Å². The van der Waals surface area contributed by atoms with Crippen LogP contribution >= 0.6 is 11.3 Å². The molecule has 4 nitrogen and oxygen atoms in total. The van der Waals surface area contributed by atoms with Gasteiger partial charge in [-0.2, -0.15) is 0 Å². The van der Waals surface area contributed by atoms with Crippen molar-refractivity contribution in [3.63, 3.8) is 0 Å². The molecule has 1 N–H and O–H groups in total. The SMILES string of the molecule is CCc1ccc(O[C@@H]2CCC[C@@H](C)C2)c2c(C(=O)O)cc(-c3csc4ccccc34)nc12. The lowest BCUT2D eigenvalue weighted by Crippen LogP contribution is -2.24. The van der Waals surface area contributed by atoms with Gasteiger partial charge in [0.1, 0.15) is 5.75 Å². The number of thiophene rings is 1. The number of carboxylic acid groups (broad SMARTS) is 1. The second-order valence-electron chi connectivity index (χ2n) is 8.82. The molecule has 0 saturated heterocycles. The molecule has 2 aromatic carbocycles. The van der Waals surface area contributed by atoms with E-state index in [0.717, 1.165) is 47.7 Å². The van der Waals surface area contributed by atoms with E-state index < -0.39 is 5.97 Å². The number of carbonyl (C=O) groups is 1. The smallest absolute Gasteiger partial charge is 0.336 e. The monoisotopic (exact) mass is 445 g/mol. The van der Waals surface area contributed by atoms with Crippen molar-refractivity contribution in [2.24, 2.45) is 5.92 Å². The summed E-state index contributed by atoms with van der Waals surface area (Å²) < 4.78 is 7.60. The summed E-state index contributed by atoms with van der Waals surface area (Å²) >= 11 is 1.65. The van der Waals surface area contributed by atoms with Crippen molar-refractivity contribution in [2.45, 2.75) is 52.1 Å². The molecule has 32 heavy (non-hydrogen) atoms.